The summed E-state index contributed by atoms with van der Waals surface area (Å²) in [4.78, 5) is 26.3. The maximum Gasteiger partial charge on any atom is 0.515 e. The zero-order valence-electron chi connectivity index (χ0n) is 26.4. The van der Waals surface area contributed by atoms with Crippen molar-refractivity contribution in [2.75, 3.05) is 52.1 Å². The number of hydrogen-bond donors (Lipinski definition) is 2. The third kappa shape index (κ3) is 4.23. The molecule has 2 N–H and O–H groups in total. The summed E-state index contributed by atoms with van der Waals surface area (Å²) >= 11 is 0. The fourth-order valence-electron chi connectivity index (χ4n) is 10.7. The molecule has 4 heterocycles. The predicted molar refractivity (Wildman–Crippen MR) is 167 cm³/mol. The number of ether oxygens (including phenoxy) is 1. The summed E-state index contributed by atoms with van der Waals surface area (Å²) in [6.07, 6.45) is 9.21. The van der Waals surface area contributed by atoms with Gasteiger partial charge in [-0.2, -0.15) is 4.79 Å². The molecule has 3 aliphatic carbocycles. The number of fused-ring (bicyclic) bond motifs is 7. The van der Waals surface area contributed by atoms with E-state index in [1.165, 1.54) is 18.2 Å². The van der Waals surface area contributed by atoms with Crippen LogP contribution in [0.15, 0.2) is 30.3 Å². The summed E-state index contributed by atoms with van der Waals surface area (Å²) in [5.41, 5.74) is -0.172. The summed E-state index contributed by atoms with van der Waals surface area (Å²) in [7, 11) is -2.28. The Hall–Kier alpha value is -2.27. The Bertz CT molecular complexity index is 1490. The smallest absolute Gasteiger partial charge is 0.423 e. The van der Waals surface area contributed by atoms with Crippen LogP contribution in [0.2, 0.25) is 0 Å². The van der Waals surface area contributed by atoms with Crippen LogP contribution in [0.25, 0.3) is 6.08 Å². The lowest BCUT2D eigenvalue weighted by molar-refractivity contribution is -0.877. The van der Waals surface area contributed by atoms with Gasteiger partial charge in [-0.05, 0) is 60.5 Å². The molecule has 8 rings (SSSR count). The van der Waals surface area contributed by atoms with Gasteiger partial charge in [0.25, 0.3) is 0 Å². The number of methoxy groups -OCH3 is 1. The van der Waals surface area contributed by atoms with Crippen molar-refractivity contribution in [1.82, 2.24) is 9.62 Å². The second-order valence-electron chi connectivity index (χ2n) is 15.4. The second-order valence-corrected chi connectivity index (χ2v) is 17.4. The molecule has 4 saturated heterocycles. The van der Waals surface area contributed by atoms with Gasteiger partial charge < -0.3 is 15.2 Å². The number of rotatable bonds is 6. The molecule has 4 atom stereocenters. The highest BCUT2D eigenvalue weighted by Crippen LogP contribution is 2.70. The van der Waals surface area contributed by atoms with Crippen molar-refractivity contribution in [1.29, 1.82) is 0 Å². The van der Waals surface area contributed by atoms with Crippen LogP contribution in [-0.4, -0.2) is 92.0 Å². The molecule has 2 saturated carbocycles. The number of quaternary nitrogens is 1. The molecular formula is C34H48N3O6S+. The van der Waals surface area contributed by atoms with Crippen molar-refractivity contribution in [3.63, 3.8) is 0 Å². The molecule has 1 unspecified atom stereocenters. The van der Waals surface area contributed by atoms with Gasteiger partial charge in [-0.25, -0.2) is 17.2 Å². The highest BCUT2D eigenvalue weighted by molar-refractivity contribution is 7.89. The lowest BCUT2D eigenvalue weighted by Gasteiger charge is -2.50. The van der Waals surface area contributed by atoms with Crippen LogP contribution in [0.5, 0.6) is 0 Å². The van der Waals surface area contributed by atoms with E-state index in [4.69, 9.17) is 4.74 Å². The van der Waals surface area contributed by atoms with E-state index < -0.39 is 21.0 Å². The number of aliphatic hydroxyl groups is 1. The average Bonchev–Trinajstić information content (AvgIpc) is 3.55. The fraction of sp³-hybridized carbons (Fsp3) is 0.706. The summed E-state index contributed by atoms with van der Waals surface area (Å²) in [5.74, 6) is -0.164. The van der Waals surface area contributed by atoms with Crippen molar-refractivity contribution in [2.45, 2.75) is 69.8 Å². The molecule has 1 spiro atoms. The van der Waals surface area contributed by atoms with Crippen LogP contribution in [0.4, 0.5) is 4.79 Å². The van der Waals surface area contributed by atoms with Gasteiger partial charge >= 0.3 is 6.09 Å². The standard InChI is InChI=1S/C34H47N3O6S/c1-31(2)26-9-13-33(31,23-44(41,42)36-16-14-32(15-17-36)12-8-25-6-4-5-7-28(25)32)34(40,20-26)22-35-29(38)27-21-37(30(39)43-3)18-10-24(27)11-19-37/h4-8,12,24,26-27,40H,9-11,13-23H2,1-3H3/p+1/t24?,26-,27?,33+,34-,37?/m1/s1. The number of carbonyl (C=O) groups is 2. The molecule has 0 radical (unpaired) electrons. The van der Waals surface area contributed by atoms with Crippen LogP contribution in [0.3, 0.4) is 0 Å². The number of piperidine rings is 4. The Balaban J connectivity index is 1.07. The number of sulfonamides is 1. The summed E-state index contributed by atoms with van der Waals surface area (Å²) in [5, 5.41) is 15.5. The van der Waals surface area contributed by atoms with E-state index in [0.717, 1.165) is 32.1 Å². The van der Waals surface area contributed by atoms with Gasteiger partial charge in [0.2, 0.25) is 15.9 Å². The summed E-state index contributed by atoms with van der Waals surface area (Å²) < 4.78 is 35.4. The monoisotopic (exact) mass is 626 g/mol. The average molecular weight is 627 g/mol. The third-order valence-corrected chi connectivity index (χ3v) is 15.6. The quantitative estimate of drug-likeness (QED) is 0.466. The number of hydrogen-bond acceptors (Lipinski definition) is 6. The van der Waals surface area contributed by atoms with Gasteiger partial charge in [-0.1, -0.05) is 50.3 Å². The highest BCUT2D eigenvalue weighted by Gasteiger charge is 2.72. The van der Waals surface area contributed by atoms with E-state index in [2.05, 4.69) is 49.5 Å². The molecule has 4 bridgehead atoms. The van der Waals surface area contributed by atoms with E-state index in [-0.39, 0.29) is 57.4 Å². The minimum atomic E-state index is -3.68. The molecule has 9 nitrogen and oxygen atoms in total. The molecule has 7 aliphatic rings. The Kier molecular flexibility index (Phi) is 6.98. The number of nitrogens with zero attached hydrogens (tertiary/aromatic N) is 2. The number of carbonyl (C=O) groups excluding carboxylic acids is 2. The number of nitrogens with one attached hydrogen (secondary N) is 1. The first-order valence-corrected chi connectivity index (χ1v) is 18.1. The van der Waals surface area contributed by atoms with Crippen molar-refractivity contribution in [3.05, 3.63) is 41.5 Å². The Morgan fingerprint density at radius 3 is 2.48 bits per heavy atom. The van der Waals surface area contributed by atoms with Crippen LogP contribution >= 0.6 is 0 Å². The molecule has 2 amide bonds. The van der Waals surface area contributed by atoms with Gasteiger partial charge in [-0.15, -0.1) is 0 Å². The summed E-state index contributed by atoms with van der Waals surface area (Å²) in [6, 6.07) is 8.39. The molecule has 6 fully saturated rings. The van der Waals surface area contributed by atoms with Crippen LogP contribution in [-0.2, 0) is 25.0 Å². The molecule has 4 aliphatic heterocycles. The fourth-order valence-corrected chi connectivity index (χ4v) is 13.0. The van der Waals surface area contributed by atoms with Crippen LogP contribution in [0.1, 0.15) is 69.9 Å². The maximum absolute atomic E-state index is 14.2. The van der Waals surface area contributed by atoms with Crippen LogP contribution in [0, 0.1) is 28.6 Å². The largest absolute Gasteiger partial charge is 0.515 e. The van der Waals surface area contributed by atoms with Gasteiger partial charge in [0.1, 0.15) is 6.54 Å². The molecule has 0 aromatic heterocycles. The van der Waals surface area contributed by atoms with Crippen molar-refractivity contribution >= 4 is 28.1 Å². The van der Waals surface area contributed by atoms with E-state index >= 15 is 0 Å². The topological polar surface area (TPSA) is 113 Å². The maximum atomic E-state index is 14.2. The zero-order chi connectivity index (χ0) is 31.2. The minimum absolute atomic E-state index is 0.0351. The minimum Gasteiger partial charge on any atom is -0.423 e. The van der Waals surface area contributed by atoms with E-state index in [1.807, 2.05) is 6.07 Å². The molecular weight excluding hydrogens is 578 g/mol. The van der Waals surface area contributed by atoms with Crippen molar-refractivity contribution < 1.29 is 32.3 Å². The molecule has 1 aromatic carbocycles. The van der Waals surface area contributed by atoms with Crippen LogP contribution < -0.4 is 5.32 Å². The van der Waals surface area contributed by atoms with Crippen molar-refractivity contribution in [2.24, 2.45) is 28.6 Å². The lowest BCUT2D eigenvalue weighted by Crippen LogP contribution is -2.67. The lowest BCUT2D eigenvalue weighted by atomic mass is 9.64. The Labute approximate surface area is 261 Å². The van der Waals surface area contributed by atoms with Crippen molar-refractivity contribution in [3.8, 4) is 0 Å². The zero-order valence-corrected chi connectivity index (χ0v) is 27.2. The van der Waals surface area contributed by atoms with Gasteiger partial charge in [0.05, 0.1) is 37.5 Å². The second kappa shape index (κ2) is 10.1. The first kappa shape index (κ1) is 30.4. The first-order valence-electron chi connectivity index (χ1n) is 16.5. The molecule has 10 heteroatoms. The molecule has 240 valence electrons. The highest BCUT2D eigenvalue weighted by atomic mass is 32.2. The van der Waals surface area contributed by atoms with Gasteiger partial charge in [0, 0.05) is 43.3 Å². The molecule has 44 heavy (non-hydrogen) atoms. The predicted octanol–water partition coefficient (Wildman–Crippen LogP) is 3.67. The Morgan fingerprint density at radius 2 is 1.80 bits per heavy atom. The number of benzene rings is 1. The van der Waals surface area contributed by atoms with Gasteiger partial charge in [0.15, 0.2) is 0 Å². The normalized spacial score (nSPS) is 38.1. The van der Waals surface area contributed by atoms with E-state index in [0.29, 0.717) is 45.6 Å². The third-order valence-electron chi connectivity index (χ3n) is 13.6. The van der Waals surface area contributed by atoms with E-state index in [9.17, 15) is 23.1 Å². The Morgan fingerprint density at radius 1 is 1.09 bits per heavy atom. The first-order chi connectivity index (χ1) is 20.8. The number of allylic oxidation sites excluding steroid dienone is 1. The number of amides is 2. The van der Waals surface area contributed by atoms with Gasteiger partial charge in [-0.3, -0.25) is 4.79 Å². The summed E-state index contributed by atoms with van der Waals surface area (Å²) in [6.45, 7) is 6.99. The SMILES string of the molecule is COC(=O)[N+]12CCC(CC1)C(C(=O)NC[C@]1(O)C[C@H]3CC[C@]1(CS(=O)(=O)N1CCC4(C=Cc5ccccc54)CC1)C3(C)C)C2. The molecule has 1 aromatic rings. The van der Waals surface area contributed by atoms with E-state index in [1.54, 1.807) is 4.31 Å².